The number of nitrogens with one attached hydrogen (secondary N) is 1. The van der Waals surface area contributed by atoms with Crippen molar-refractivity contribution in [1.82, 2.24) is 24.0 Å². The molecular weight excluding hydrogens is 412 g/mol. The van der Waals surface area contributed by atoms with Crippen LogP contribution in [-0.4, -0.2) is 42.9 Å². The van der Waals surface area contributed by atoms with Crippen molar-refractivity contribution in [3.8, 4) is 0 Å². The van der Waals surface area contributed by atoms with Gasteiger partial charge in [0, 0.05) is 19.8 Å². The number of rotatable bonds is 4. The highest BCUT2D eigenvalue weighted by atomic mass is 19.3. The Kier molecular flexibility index (Phi) is 5.25. The Morgan fingerprint density at radius 3 is 2.71 bits per heavy atom. The number of nitrogens with zero attached hydrogens (tertiary/aromatic N) is 4. The summed E-state index contributed by atoms with van der Waals surface area (Å²) in [5.41, 5.74) is -1.96. The Balaban J connectivity index is 1.84. The van der Waals surface area contributed by atoms with Gasteiger partial charge in [0.1, 0.15) is 11.4 Å². The van der Waals surface area contributed by atoms with E-state index in [1.165, 1.54) is 18.0 Å². The maximum atomic E-state index is 13.3. The number of likely N-dealkylation sites (tertiary alicyclic amines) is 1. The summed E-state index contributed by atoms with van der Waals surface area (Å²) in [7, 11) is 1.24. The zero-order valence-corrected chi connectivity index (χ0v) is 16.5. The molecule has 0 aliphatic carbocycles. The normalized spacial score (nSPS) is 16.4. The fourth-order valence-electron chi connectivity index (χ4n) is 3.91. The molecule has 0 spiro atoms. The number of benzene rings is 1. The smallest absolute Gasteiger partial charge is 0.328 e. The number of para-hydroxylation sites is 1. The van der Waals surface area contributed by atoms with Crippen molar-refractivity contribution in [3.63, 3.8) is 0 Å². The summed E-state index contributed by atoms with van der Waals surface area (Å²) >= 11 is 0. The van der Waals surface area contributed by atoms with Crippen molar-refractivity contribution in [2.75, 3.05) is 6.54 Å². The predicted molar refractivity (Wildman–Crippen MR) is 107 cm³/mol. The molecule has 1 atom stereocenters. The van der Waals surface area contributed by atoms with Crippen LogP contribution in [0.25, 0.3) is 10.9 Å². The zero-order valence-electron chi connectivity index (χ0n) is 16.5. The van der Waals surface area contributed by atoms with E-state index in [4.69, 9.17) is 0 Å². The Labute approximate surface area is 173 Å². The maximum Gasteiger partial charge on any atom is 0.328 e. The SMILES string of the molecule is Cn1c(=O)[nH]cc(C(=O)N2CCCC2c2nc3ccccc3c(=O)n2CC(F)F)c1=O. The molecule has 1 fully saturated rings. The molecule has 0 radical (unpaired) electrons. The molecule has 0 bridgehead atoms. The molecule has 2 aromatic heterocycles. The lowest BCUT2D eigenvalue weighted by atomic mass is 10.1. The number of amides is 1. The summed E-state index contributed by atoms with van der Waals surface area (Å²) in [6, 6.07) is 5.65. The average molecular weight is 431 g/mol. The van der Waals surface area contributed by atoms with Gasteiger partial charge >= 0.3 is 5.69 Å². The second-order valence-electron chi connectivity index (χ2n) is 7.32. The van der Waals surface area contributed by atoms with Crippen molar-refractivity contribution in [3.05, 3.63) is 73.0 Å². The largest absolute Gasteiger partial charge is 0.328 e. The van der Waals surface area contributed by atoms with Crippen LogP contribution in [0.5, 0.6) is 0 Å². The van der Waals surface area contributed by atoms with Crippen LogP contribution in [0, 0.1) is 0 Å². The molecule has 1 unspecified atom stereocenters. The highest BCUT2D eigenvalue weighted by Crippen LogP contribution is 2.32. The third-order valence-electron chi connectivity index (χ3n) is 5.43. The van der Waals surface area contributed by atoms with Crippen LogP contribution in [0.2, 0.25) is 0 Å². The molecule has 4 rings (SSSR count). The number of hydrogen-bond acceptors (Lipinski definition) is 5. The Morgan fingerprint density at radius 1 is 1.23 bits per heavy atom. The number of halogens is 2. The fourth-order valence-corrected chi connectivity index (χ4v) is 3.91. The first-order valence-electron chi connectivity index (χ1n) is 9.67. The summed E-state index contributed by atoms with van der Waals surface area (Å²) in [5, 5.41) is 0.206. The van der Waals surface area contributed by atoms with Crippen LogP contribution >= 0.6 is 0 Å². The van der Waals surface area contributed by atoms with Crippen LogP contribution in [-0.2, 0) is 13.6 Å². The van der Waals surface area contributed by atoms with Crippen molar-refractivity contribution >= 4 is 16.8 Å². The van der Waals surface area contributed by atoms with Crippen LogP contribution in [0.4, 0.5) is 8.78 Å². The predicted octanol–water partition coefficient (Wildman–Crippen LogP) is 1.03. The number of carbonyl (C=O) groups excluding carboxylic acids is 1. The summed E-state index contributed by atoms with van der Waals surface area (Å²) in [6.07, 6.45) is -0.819. The molecule has 1 N–H and O–H groups in total. The highest BCUT2D eigenvalue weighted by Gasteiger charge is 2.35. The van der Waals surface area contributed by atoms with Crippen LogP contribution in [0.15, 0.2) is 44.8 Å². The lowest BCUT2D eigenvalue weighted by molar-refractivity contribution is 0.0717. The van der Waals surface area contributed by atoms with E-state index >= 15 is 0 Å². The van der Waals surface area contributed by atoms with Crippen LogP contribution in [0.1, 0.15) is 35.1 Å². The average Bonchev–Trinajstić information content (AvgIpc) is 3.23. The highest BCUT2D eigenvalue weighted by molar-refractivity contribution is 5.94. The van der Waals surface area contributed by atoms with Crippen LogP contribution < -0.4 is 16.8 Å². The van der Waals surface area contributed by atoms with Gasteiger partial charge in [0.15, 0.2) is 0 Å². The van der Waals surface area contributed by atoms with Crippen molar-refractivity contribution in [2.45, 2.75) is 31.9 Å². The van der Waals surface area contributed by atoms with E-state index in [1.54, 1.807) is 18.2 Å². The zero-order chi connectivity index (χ0) is 22.3. The minimum Gasteiger partial charge on any atom is -0.328 e. The van der Waals surface area contributed by atoms with Crippen molar-refractivity contribution in [2.24, 2.45) is 7.05 Å². The Bertz CT molecular complexity index is 1340. The molecule has 9 nitrogen and oxygen atoms in total. The molecule has 1 aliphatic heterocycles. The van der Waals surface area contributed by atoms with E-state index < -0.39 is 41.7 Å². The second kappa shape index (κ2) is 7.89. The summed E-state index contributed by atoms with van der Waals surface area (Å²) in [4.78, 5) is 58.1. The maximum absolute atomic E-state index is 13.3. The van der Waals surface area contributed by atoms with Gasteiger partial charge < -0.3 is 9.88 Å². The molecule has 3 aromatic rings. The van der Waals surface area contributed by atoms with Gasteiger partial charge in [-0.25, -0.2) is 18.6 Å². The molecule has 1 aliphatic rings. The second-order valence-corrected chi connectivity index (χ2v) is 7.32. The Hall–Kier alpha value is -3.63. The van der Waals surface area contributed by atoms with E-state index in [-0.39, 0.29) is 23.3 Å². The van der Waals surface area contributed by atoms with E-state index in [0.717, 1.165) is 15.3 Å². The molecule has 31 heavy (non-hydrogen) atoms. The number of fused-ring (bicyclic) bond motifs is 1. The van der Waals surface area contributed by atoms with Gasteiger partial charge in [0.05, 0.1) is 23.5 Å². The van der Waals surface area contributed by atoms with Gasteiger partial charge in [0.25, 0.3) is 23.5 Å². The monoisotopic (exact) mass is 431 g/mol. The van der Waals surface area contributed by atoms with Gasteiger partial charge in [-0.3, -0.25) is 23.5 Å². The molecule has 1 saturated heterocycles. The number of aromatic amines is 1. The molecule has 1 aromatic carbocycles. The van der Waals surface area contributed by atoms with E-state index in [2.05, 4.69) is 9.97 Å². The summed E-state index contributed by atoms with van der Waals surface area (Å²) < 4.78 is 28.2. The number of aromatic nitrogens is 4. The minimum atomic E-state index is -2.79. The van der Waals surface area contributed by atoms with E-state index in [9.17, 15) is 28.0 Å². The minimum absolute atomic E-state index is 0.0519. The quantitative estimate of drug-likeness (QED) is 0.664. The van der Waals surface area contributed by atoms with Crippen molar-refractivity contribution < 1.29 is 13.6 Å². The van der Waals surface area contributed by atoms with Crippen molar-refractivity contribution in [1.29, 1.82) is 0 Å². The van der Waals surface area contributed by atoms with E-state index in [1.807, 2.05) is 0 Å². The molecule has 11 heteroatoms. The summed E-state index contributed by atoms with van der Waals surface area (Å²) in [6.45, 7) is -0.603. The van der Waals surface area contributed by atoms with Gasteiger partial charge in [-0.05, 0) is 25.0 Å². The molecule has 3 heterocycles. The van der Waals surface area contributed by atoms with Gasteiger partial charge in [-0.2, -0.15) is 0 Å². The van der Waals surface area contributed by atoms with Gasteiger partial charge in [-0.1, -0.05) is 12.1 Å². The lowest BCUT2D eigenvalue weighted by Crippen LogP contribution is -2.42. The standard InChI is InChI=1S/C20H19F2N5O4/c1-25-17(28)12(9-23-20(25)31)19(30)26-8-4-7-14(26)16-24-13-6-3-2-5-11(13)18(29)27(16)10-15(21)22/h2-3,5-6,9,14-15H,4,7-8,10H2,1H3,(H,23,31). The van der Waals surface area contributed by atoms with Gasteiger partial charge in [0.2, 0.25) is 0 Å². The number of alkyl halides is 2. The molecular formula is C20H19F2N5O4. The first-order chi connectivity index (χ1) is 14.8. The third kappa shape index (κ3) is 3.56. The fraction of sp³-hybridized carbons (Fsp3) is 0.350. The lowest BCUT2D eigenvalue weighted by Gasteiger charge is -2.26. The molecule has 0 saturated carbocycles. The van der Waals surface area contributed by atoms with E-state index in [0.29, 0.717) is 18.4 Å². The topological polar surface area (TPSA) is 110 Å². The molecule has 1 amide bonds. The molecule has 162 valence electrons. The van der Waals surface area contributed by atoms with Gasteiger partial charge in [-0.15, -0.1) is 0 Å². The number of carbonyl (C=O) groups is 1. The number of hydrogen-bond donors (Lipinski definition) is 1. The Morgan fingerprint density at radius 2 is 1.97 bits per heavy atom. The first-order valence-corrected chi connectivity index (χ1v) is 9.67. The third-order valence-corrected chi connectivity index (χ3v) is 5.43. The first kappa shape index (κ1) is 20.6. The number of H-pyrrole nitrogens is 1. The summed E-state index contributed by atoms with van der Waals surface area (Å²) in [5.74, 6) is -0.610. The van der Waals surface area contributed by atoms with Crippen LogP contribution in [0.3, 0.4) is 0 Å².